The van der Waals surface area contributed by atoms with Gasteiger partial charge in [-0.2, -0.15) is 0 Å². The van der Waals surface area contributed by atoms with Crippen LogP contribution < -0.4 is 5.32 Å². The number of rotatable bonds is 6. The van der Waals surface area contributed by atoms with Crippen molar-refractivity contribution in [2.75, 3.05) is 12.4 Å². The number of amides is 1. The Kier molecular flexibility index (Phi) is 7.20. The minimum absolute atomic E-state index is 0.113. The fourth-order valence-electron chi connectivity index (χ4n) is 0.956. The van der Waals surface area contributed by atoms with E-state index in [0.717, 1.165) is 11.8 Å². The summed E-state index contributed by atoms with van der Waals surface area (Å²) in [6.07, 6.45) is 0. The zero-order valence-corrected chi connectivity index (χ0v) is 10.8. The van der Waals surface area contributed by atoms with Crippen LogP contribution in [0, 0.1) is 0 Å². The number of ketones is 1. The first kappa shape index (κ1) is 15.6. The number of carbonyl (C=O) groups excluding carboxylic acids is 4. The molecule has 6 nitrogen and oxygen atoms in total. The molecule has 0 rings (SSSR count). The van der Waals surface area contributed by atoms with Gasteiger partial charge in [-0.25, -0.2) is 4.79 Å². The molecule has 0 aromatic rings. The van der Waals surface area contributed by atoms with Crippen molar-refractivity contribution in [2.24, 2.45) is 0 Å². The first-order valence-electron chi connectivity index (χ1n) is 4.98. The quantitative estimate of drug-likeness (QED) is 0.530. The van der Waals surface area contributed by atoms with E-state index in [1.54, 1.807) is 6.92 Å². The Morgan fingerprint density at radius 3 is 2.24 bits per heavy atom. The standard InChI is InChI=1S/C10H15NO5S/c1-4-16-10(15)9(11-6(2)12)8(14)5-17-7(3)13/h9H,4-5H2,1-3H3,(H,11,12). The summed E-state index contributed by atoms with van der Waals surface area (Å²) in [5, 5.41) is 1.97. The number of thioether (sulfide) groups is 1. The van der Waals surface area contributed by atoms with Crippen LogP contribution in [0.25, 0.3) is 0 Å². The van der Waals surface area contributed by atoms with Crippen molar-refractivity contribution in [3.63, 3.8) is 0 Å². The van der Waals surface area contributed by atoms with Crippen molar-refractivity contribution in [1.29, 1.82) is 0 Å². The van der Waals surface area contributed by atoms with Gasteiger partial charge in [0.2, 0.25) is 5.91 Å². The third kappa shape index (κ3) is 6.72. The first-order valence-corrected chi connectivity index (χ1v) is 5.96. The molecule has 96 valence electrons. The molecule has 0 spiro atoms. The average molecular weight is 261 g/mol. The van der Waals surface area contributed by atoms with Crippen LogP contribution in [-0.4, -0.2) is 41.2 Å². The summed E-state index contributed by atoms with van der Waals surface area (Å²) in [5.41, 5.74) is 0. The van der Waals surface area contributed by atoms with Crippen molar-refractivity contribution in [3.05, 3.63) is 0 Å². The second-order valence-corrected chi connectivity index (χ2v) is 4.28. The highest BCUT2D eigenvalue weighted by Gasteiger charge is 2.28. The monoisotopic (exact) mass is 261 g/mol. The fourth-order valence-corrected chi connectivity index (χ4v) is 1.47. The molecule has 0 aliphatic rings. The van der Waals surface area contributed by atoms with Gasteiger partial charge in [0.15, 0.2) is 16.9 Å². The summed E-state index contributed by atoms with van der Waals surface area (Å²) in [7, 11) is 0. The maximum atomic E-state index is 11.6. The molecule has 0 saturated heterocycles. The minimum atomic E-state index is -1.33. The van der Waals surface area contributed by atoms with E-state index in [-0.39, 0.29) is 17.5 Å². The second-order valence-electron chi connectivity index (χ2n) is 3.13. The van der Waals surface area contributed by atoms with E-state index in [4.69, 9.17) is 0 Å². The number of carbonyl (C=O) groups is 4. The van der Waals surface area contributed by atoms with Crippen LogP contribution in [0.2, 0.25) is 0 Å². The molecule has 0 bridgehead atoms. The molecular formula is C10H15NO5S. The van der Waals surface area contributed by atoms with Crippen LogP contribution in [0.5, 0.6) is 0 Å². The van der Waals surface area contributed by atoms with Crippen LogP contribution in [0.4, 0.5) is 0 Å². The summed E-state index contributed by atoms with van der Waals surface area (Å²) in [6, 6.07) is -1.33. The van der Waals surface area contributed by atoms with Gasteiger partial charge < -0.3 is 10.1 Å². The van der Waals surface area contributed by atoms with Crippen molar-refractivity contribution in [1.82, 2.24) is 5.32 Å². The summed E-state index contributed by atoms with van der Waals surface area (Å²) in [4.78, 5) is 44.6. The summed E-state index contributed by atoms with van der Waals surface area (Å²) in [5.74, 6) is -2.04. The predicted octanol–water partition coefficient (Wildman–Crippen LogP) is -0.0970. The van der Waals surface area contributed by atoms with Crippen molar-refractivity contribution < 1.29 is 23.9 Å². The summed E-state index contributed by atoms with van der Waals surface area (Å²) < 4.78 is 4.66. The molecule has 0 aromatic heterocycles. The number of ether oxygens (including phenoxy) is 1. The molecule has 1 atom stereocenters. The number of Topliss-reactive ketones (excluding diaryl/α,β-unsaturated/α-hetero) is 1. The molecule has 0 fully saturated rings. The largest absolute Gasteiger partial charge is 0.464 e. The van der Waals surface area contributed by atoms with E-state index >= 15 is 0 Å². The van der Waals surface area contributed by atoms with Gasteiger partial charge in [0.05, 0.1) is 12.4 Å². The van der Waals surface area contributed by atoms with E-state index in [9.17, 15) is 19.2 Å². The third-order valence-electron chi connectivity index (χ3n) is 1.61. The second kappa shape index (κ2) is 7.83. The van der Waals surface area contributed by atoms with Crippen LogP contribution in [0.15, 0.2) is 0 Å². The molecule has 1 N–H and O–H groups in total. The number of nitrogens with one attached hydrogen (secondary N) is 1. The topological polar surface area (TPSA) is 89.5 Å². The Hall–Kier alpha value is -1.37. The molecule has 1 unspecified atom stereocenters. The normalized spacial score (nSPS) is 11.5. The van der Waals surface area contributed by atoms with Crippen molar-refractivity contribution >= 4 is 34.5 Å². The van der Waals surface area contributed by atoms with Crippen LogP contribution in [0.3, 0.4) is 0 Å². The van der Waals surface area contributed by atoms with Gasteiger partial charge in [-0.15, -0.1) is 0 Å². The zero-order chi connectivity index (χ0) is 13.4. The lowest BCUT2D eigenvalue weighted by Gasteiger charge is -2.14. The molecule has 17 heavy (non-hydrogen) atoms. The van der Waals surface area contributed by atoms with Gasteiger partial charge in [0.1, 0.15) is 0 Å². The Labute approximate surface area is 103 Å². The fraction of sp³-hybridized carbons (Fsp3) is 0.600. The van der Waals surface area contributed by atoms with E-state index in [2.05, 4.69) is 10.1 Å². The Morgan fingerprint density at radius 1 is 1.24 bits per heavy atom. The van der Waals surface area contributed by atoms with Crippen LogP contribution in [-0.2, 0) is 23.9 Å². The van der Waals surface area contributed by atoms with Crippen LogP contribution in [0.1, 0.15) is 20.8 Å². The lowest BCUT2D eigenvalue weighted by Crippen LogP contribution is -2.47. The van der Waals surface area contributed by atoms with Crippen LogP contribution >= 0.6 is 11.8 Å². The number of hydrogen-bond acceptors (Lipinski definition) is 6. The Bertz CT molecular complexity index is 329. The molecule has 0 saturated carbocycles. The number of hydrogen-bond donors (Lipinski definition) is 1. The van der Waals surface area contributed by atoms with E-state index in [0.29, 0.717) is 0 Å². The van der Waals surface area contributed by atoms with E-state index in [1.807, 2.05) is 0 Å². The Balaban J connectivity index is 4.55. The highest BCUT2D eigenvalue weighted by atomic mass is 32.2. The van der Waals surface area contributed by atoms with Gasteiger partial charge in [-0.1, -0.05) is 11.8 Å². The molecule has 7 heteroatoms. The molecule has 1 amide bonds. The van der Waals surface area contributed by atoms with Gasteiger partial charge in [0.25, 0.3) is 0 Å². The van der Waals surface area contributed by atoms with Crippen molar-refractivity contribution in [2.45, 2.75) is 26.8 Å². The first-order chi connectivity index (χ1) is 7.88. The van der Waals surface area contributed by atoms with Crippen molar-refractivity contribution in [3.8, 4) is 0 Å². The average Bonchev–Trinajstić information content (AvgIpc) is 2.22. The lowest BCUT2D eigenvalue weighted by atomic mass is 10.2. The van der Waals surface area contributed by atoms with E-state index in [1.165, 1.54) is 13.8 Å². The lowest BCUT2D eigenvalue weighted by molar-refractivity contribution is -0.150. The van der Waals surface area contributed by atoms with Gasteiger partial charge in [0, 0.05) is 13.8 Å². The molecular weight excluding hydrogens is 246 g/mol. The van der Waals surface area contributed by atoms with Gasteiger partial charge in [-0.3, -0.25) is 14.4 Å². The zero-order valence-electron chi connectivity index (χ0n) is 9.94. The smallest absolute Gasteiger partial charge is 0.336 e. The summed E-state index contributed by atoms with van der Waals surface area (Å²) in [6.45, 7) is 4.22. The minimum Gasteiger partial charge on any atom is -0.464 e. The highest BCUT2D eigenvalue weighted by molar-refractivity contribution is 8.14. The predicted molar refractivity (Wildman–Crippen MR) is 62.4 cm³/mol. The highest BCUT2D eigenvalue weighted by Crippen LogP contribution is 2.04. The Morgan fingerprint density at radius 2 is 1.82 bits per heavy atom. The maximum absolute atomic E-state index is 11.6. The number of esters is 1. The van der Waals surface area contributed by atoms with Gasteiger partial charge >= 0.3 is 5.97 Å². The molecule has 0 radical (unpaired) electrons. The van der Waals surface area contributed by atoms with E-state index < -0.39 is 23.7 Å². The maximum Gasteiger partial charge on any atom is 0.336 e. The molecule has 0 aromatic carbocycles. The molecule has 0 heterocycles. The third-order valence-corrected chi connectivity index (χ3v) is 2.44. The molecule has 0 aliphatic heterocycles. The SMILES string of the molecule is CCOC(=O)C(NC(C)=O)C(=O)CSC(C)=O. The summed E-state index contributed by atoms with van der Waals surface area (Å²) >= 11 is 0.783. The molecule has 0 aliphatic carbocycles. The van der Waals surface area contributed by atoms with Gasteiger partial charge in [-0.05, 0) is 6.92 Å².